The number of hydrogen-bond acceptors (Lipinski definition) is 2. The van der Waals surface area contributed by atoms with E-state index in [2.05, 4.69) is 27.3 Å². The predicted octanol–water partition coefficient (Wildman–Crippen LogP) is 4.20. The third-order valence-electron chi connectivity index (χ3n) is 2.21. The van der Waals surface area contributed by atoms with Crippen molar-refractivity contribution in [1.29, 1.82) is 5.26 Å². The van der Waals surface area contributed by atoms with Gasteiger partial charge in [-0.05, 0) is 36.4 Å². The van der Waals surface area contributed by atoms with E-state index in [1.807, 2.05) is 6.07 Å². The summed E-state index contributed by atoms with van der Waals surface area (Å²) in [5.74, 6) is -0.314. The van der Waals surface area contributed by atoms with Crippen LogP contribution in [-0.4, -0.2) is 0 Å². The molecule has 17 heavy (non-hydrogen) atoms. The SMILES string of the molecule is N#Cc1cc(Br)ccc1Nc1cccc(F)c1. The molecule has 0 aliphatic carbocycles. The van der Waals surface area contributed by atoms with Gasteiger partial charge in [-0.15, -0.1) is 0 Å². The summed E-state index contributed by atoms with van der Waals surface area (Å²) >= 11 is 3.30. The van der Waals surface area contributed by atoms with E-state index in [-0.39, 0.29) is 5.82 Å². The molecule has 0 aliphatic rings. The minimum atomic E-state index is -0.314. The summed E-state index contributed by atoms with van der Waals surface area (Å²) in [5.41, 5.74) is 1.77. The second-order valence-electron chi connectivity index (χ2n) is 3.44. The number of halogens is 2. The molecule has 1 N–H and O–H groups in total. The summed E-state index contributed by atoms with van der Waals surface area (Å²) in [6.07, 6.45) is 0. The lowest BCUT2D eigenvalue weighted by Gasteiger charge is -2.08. The van der Waals surface area contributed by atoms with Crippen LogP contribution in [0.1, 0.15) is 5.56 Å². The highest BCUT2D eigenvalue weighted by molar-refractivity contribution is 9.10. The highest BCUT2D eigenvalue weighted by atomic mass is 79.9. The summed E-state index contributed by atoms with van der Waals surface area (Å²) in [7, 11) is 0. The van der Waals surface area contributed by atoms with Crippen molar-refractivity contribution in [2.24, 2.45) is 0 Å². The minimum Gasteiger partial charge on any atom is -0.354 e. The molecule has 0 aliphatic heterocycles. The Labute approximate surface area is 107 Å². The number of rotatable bonds is 2. The van der Waals surface area contributed by atoms with Crippen LogP contribution in [0.2, 0.25) is 0 Å². The molecule has 0 bridgehead atoms. The Kier molecular flexibility index (Phi) is 3.40. The van der Waals surface area contributed by atoms with Gasteiger partial charge in [0.25, 0.3) is 0 Å². The number of nitrogens with one attached hydrogen (secondary N) is 1. The van der Waals surface area contributed by atoms with Crippen molar-refractivity contribution in [2.45, 2.75) is 0 Å². The molecule has 0 amide bonds. The van der Waals surface area contributed by atoms with Crippen molar-refractivity contribution >= 4 is 27.3 Å². The monoisotopic (exact) mass is 290 g/mol. The van der Waals surface area contributed by atoms with Gasteiger partial charge in [-0.2, -0.15) is 5.26 Å². The van der Waals surface area contributed by atoms with Crippen LogP contribution in [0.3, 0.4) is 0 Å². The lowest BCUT2D eigenvalue weighted by molar-refractivity contribution is 0.628. The van der Waals surface area contributed by atoms with Crippen LogP contribution in [-0.2, 0) is 0 Å². The molecule has 0 heterocycles. The molecule has 2 aromatic rings. The fourth-order valence-corrected chi connectivity index (χ4v) is 1.80. The zero-order valence-electron chi connectivity index (χ0n) is 8.74. The summed E-state index contributed by atoms with van der Waals surface area (Å²) in [5, 5.41) is 12.0. The van der Waals surface area contributed by atoms with Gasteiger partial charge in [-0.3, -0.25) is 0 Å². The molecule has 2 nitrogen and oxygen atoms in total. The van der Waals surface area contributed by atoms with Gasteiger partial charge in [0.2, 0.25) is 0 Å². The Morgan fingerprint density at radius 1 is 1.18 bits per heavy atom. The smallest absolute Gasteiger partial charge is 0.125 e. The van der Waals surface area contributed by atoms with Crippen LogP contribution >= 0.6 is 15.9 Å². The molecule has 0 saturated carbocycles. The summed E-state index contributed by atoms with van der Waals surface area (Å²) < 4.78 is 13.8. The van der Waals surface area contributed by atoms with Crippen molar-refractivity contribution in [3.05, 3.63) is 58.3 Å². The molecule has 0 atom stereocenters. The van der Waals surface area contributed by atoms with Crippen LogP contribution in [0.4, 0.5) is 15.8 Å². The second kappa shape index (κ2) is 4.98. The van der Waals surface area contributed by atoms with Gasteiger partial charge in [-0.25, -0.2) is 4.39 Å². The molecular formula is C13H8BrFN2. The predicted molar refractivity (Wildman–Crippen MR) is 68.5 cm³/mol. The van der Waals surface area contributed by atoms with E-state index >= 15 is 0 Å². The number of benzene rings is 2. The Morgan fingerprint density at radius 2 is 2.00 bits per heavy atom. The fraction of sp³-hybridized carbons (Fsp3) is 0. The second-order valence-corrected chi connectivity index (χ2v) is 4.35. The van der Waals surface area contributed by atoms with Gasteiger partial charge < -0.3 is 5.32 Å². The molecule has 4 heteroatoms. The van der Waals surface area contributed by atoms with Gasteiger partial charge in [0.1, 0.15) is 11.9 Å². The third-order valence-corrected chi connectivity index (χ3v) is 2.70. The summed E-state index contributed by atoms with van der Waals surface area (Å²) in [6, 6.07) is 13.5. The van der Waals surface area contributed by atoms with E-state index in [9.17, 15) is 4.39 Å². The molecule has 0 saturated heterocycles. The molecule has 84 valence electrons. The Morgan fingerprint density at radius 3 is 2.71 bits per heavy atom. The van der Waals surface area contributed by atoms with Crippen molar-refractivity contribution in [3.63, 3.8) is 0 Å². The first-order valence-corrected chi connectivity index (χ1v) is 5.70. The van der Waals surface area contributed by atoms with Crippen molar-refractivity contribution in [2.75, 3.05) is 5.32 Å². The first-order valence-electron chi connectivity index (χ1n) is 4.91. The molecular weight excluding hydrogens is 283 g/mol. The minimum absolute atomic E-state index is 0.314. The Bertz CT molecular complexity index is 590. The Hall–Kier alpha value is -1.86. The number of anilines is 2. The van der Waals surface area contributed by atoms with Crippen LogP contribution in [0, 0.1) is 17.1 Å². The quantitative estimate of drug-likeness (QED) is 0.900. The largest absolute Gasteiger partial charge is 0.354 e. The fourth-order valence-electron chi connectivity index (χ4n) is 1.44. The lowest BCUT2D eigenvalue weighted by Crippen LogP contribution is -1.93. The highest BCUT2D eigenvalue weighted by Crippen LogP contribution is 2.24. The van der Waals surface area contributed by atoms with E-state index in [1.165, 1.54) is 12.1 Å². The molecule has 0 radical (unpaired) electrons. The first kappa shape index (κ1) is 11.6. The van der Waals surface area contributed by atoms with Gasteiger partial charge in [0.15, 0.2) is 0 Å². The molecule has 0 spiro atoms. The van der Waals surface area contributed by atoms with E-state index in [0.29, 0.717) is 16.9 Å². The van der Waals surface area contributed by atoms with E-state index in [4.69, 9.17) is 5.26 Å². The van der Waals surface area contributed by atoms with Crippen LogP contribution < -0.4 is 5.32 Å². The number of nitrogens with zero attached hydrogens (tertiary/aromatic N) is 1. The molecule has 0 aromatic heterocycles. The molecule has 2 rings (SSSR count). The van der Waals surface area contributed by atoms with E-state index < -0.39 is 0 Å². The van der Waals surface area contributed by atoms with Gasteiger partial charge in [-0.1, -0.05) is 22.0 Å². The van der Waals surface area contributed by atoms with Crippen LogP contribution in [0.5, 0.6) is 0 Å². The van der Waals surface area contributed by atoms with Gasteiger partial charge >= 0.3 is 0 Å². The number of hydrogen-bond donors (Lipinski definition) is 1. The van der Waals surface area contributed by atoms with Crippen molar-refractivity contribution in [3.8, 4) is 6.07 Å². The van der Waals surface area contributed by atoms with Crippen LogP contribution in [0.15, 0.2) is 46.9 Å². The molecule has 2 aromatic carbocycles. The van der Waals surface area contributed by atoms with Gasteiger partial charge in [0.05, 0.1) is 11.3 Å². The standard InChI is InChI=1S/C13H8BrFN2/c14-10-4-5-13(9(6-10)8-16)17-12-3-1-2-11(15)7-12/h1-7,17H. The maximum Gasteiger partial charge on any atom is 0.125 e. The maximum atomic E-state index is 13.0. The average molecular weight is 291 g/mol. The summed E-state index contributed by atoms with van der Waals surface area (Å²) in [6.45, 7) is 0. The molecule has 0 fully saturated rings. The highest BCUT2D eigenvalue weighted by Gasteiger charge is 2.03. The lowest BCUT2D eigenvalue weighted by atomic mass is 10.2. The summed E-state index contributed by atoms with van der Waals surface area (Å²) in [4.78, 5) is 0. The van der Waals surface area contributed by atoms with Crippen molar-refractivity contribution < 1.29 is 4.39 Å². The zero-order valence-corrected chi connectivity index (χ0v) is 10.3. The molecule has 0 unspecified atom stereocenters. The van der Waals surface area contributed by atoms with Crippen molar-refractivity contribution in [1.82, 2.24) is 0 Å². The Balaban J connectivity index is 2.34. The third kappa shape index (κ3) is 2.83. The normalized spacial score (nSPS) is 9.71. The number of nitriles is 1. The first-order chi connectivity index (χ1) is 8.19. The maximum absolute atomic E-state index is 13.0. The topological polar surface area (TPSA) is 35.8 Å². The van der Waals surface area contributed by atoms with Gasteiger partial charge in [0, 0.05) is 10.2 Å². The zero-order chi connectivity index (χ0) is 12.3. The van der Waals surface area contributed by atoms with E-state index in [0.717, 1.165) is 4.47 Å². The van der Waals surface area contributed by atoms with E-state index in [1.54, 1.807) is 24.3 Å². The van der Waals surface area contributed by atoms with Crippen LogP contribution in [0.25, 0.3) is 0 Å². The average Bonchev–Trinajstić information content (AvgIpc) is 2.31.